The molecular formula is C9H13BrN2O2. The van der Waals surface area contributed by atoms with E-state index in [1.165, 1.54) is 0 Å². The lowest BCUT2D eigenvalue weighted by atomic mass is 10.2. The molecule has 0 bridgehead atoms. The van der Waals surface area contributed by atoms with Crippen LogP contribution in [0.25, 0.3) is 0 Å². The smallest absolute Gasteiger partial charge is 0.341 e. The van der Waals surface area contributed by atoms with Crippen LogP contribution in [0.3, 0.4) is 0 Å². The number of ether oxygens (including phenoxy) is 1. The second kappa shape index (κ2) is 4.59. The monoisotopic (exact) mass is 260 g/mol. The van der Waals surface area contributed by atoms with Gasteiger partial charge in [0.15, 0.2) is 0 Å². The standard InChI is InChI=1S/C9H13BrN2O2/c1-4-14-9(13)8-6(2)11-12(3)7(8)5-10/h4-5H2,1-3H3. The lowest BCUT2D eigenvalue weighted by Crippen LogP contribution is -2.08. The second-order valence-electron chi connectivity index (χ2n) is 2.88. The van der Waals surface area contributed by atoms with Gasteiger partial charge in [0.25, 0.3) is 0 Å². The summed E-state index contributed by atoms with van der Waals surface area (Å²) in [5.41, 5.74) is 2.13. The first-order valence-corrected chi connectivity index (χ1v) is 5.49. The number of esters is 1. The quantitative estimate of drug-likeness (QED) is 0.615. The van der Waals surface area contributed by atoms with Gasteiger partial charge in [0, 0.05) is 12.4 Å². The highest BCUT2D eigenvalue weighted by atomic mass is 79.9. The molecule has 1 rings (SSSR count). The number of nitrogens with zero attached hydrogens (tertiary/aromatic N) is 2. The van der Waals surface area contributed by atoms with E-state index in [2.05, 4.69) is 21.0 Å². The van der Waals surface area contributed by atoms with Crippen LogP contribution in [0.5, 0.6) is 0 Å². The maximum atomic E-state index is 11.6. The summed E-state index contributed by atoms with van der Waals surface area (Å²) in [4.78, 5) is 11.6. The molecule has 5 heteroatoms. The van der Waals surface area contributed by atoms with Gasteiger partial charge in [-0.1, -0.05) is 15.9 Å². The molecule has 0 aliphatic heterocycles. The van der Waals surface area contributed by atoms with Crippen molar-refractivity contribution >= 4 is 21.9 Å². The average molecular weight is 261 g/mol. The summed E-state index contributed by atoms with van der Waals surface area (Å²) in [5.74, 6) is -0.299. The predicted octanol–water partition coefficient (Wildman–Crippen LogP) is 1.80. The first-order valence-electron chi connectivity index (χ1n) is 4.37. The summed E-state index contributed by atoms with van der Waals surface area (Å²) in [7, 11) is 1.81. The Labute approximate surface area is 91.4 Å². The fourth-order valence-corrected chi connectivity index (χ4v) is 1.97. The molecule has 0 aliphatic rings. The number of aryl methyl sites for hydroxylation is 2. The molecule has 1 heterocycles. The predicted molar refractivity (Wildman–Crippen MR) is 56.5 cm³/mol. The molecule has 0 unspecified atom stereocenters. The second-order valence-corrected chi connectivity index (χ2v) is 3.45. The van der Waals surface area contributed by atoms with Crippen LogP contribution in [-0.4, -0.2) is 22.4 Å². The van der Waals surface area contributed by atoms with Gasteiger partial charge in [0.1, 0.15) is 5.56 Å². The zero-order chi connectivity index (χ0) is 10.7. The molecule has 0 N–H and O–H groups in total. The lowest BCUT2D eigenvalue weighted by molar-refractivity contribution is 0.0524. The van der Waals surface area contributed by atoms with Crippen molar-refractivity contribution in [3.8, 4) is 0 Å². The van der Waals surface area contributed by atoms with Gasteiger partial charge in [0.2, 0.25) is 0 Å². The fraction of sp³-hybridized carbons (Fsp3) is 0.556. The number of hydrogen-bond donors (Lipinski definition) is 0. The topological polar surface area (TPSA) is 44.1 Å². The molecule has 1 aromatic rings. The molecular weight excluding hydrogens is 248 g/mol. The fourth-order valence-electron chi connectivity index (χ4n) is 1.33. The molecule has 0 radical (unpaired) electrons. The van der Waals surface area contributed by atoms with Crippen molar-refractivity contribution in [2.45, 2.75) is 19.2 Å². The Morgan fingerprint density at radius 3 is 2.79 bits per heavy atom. The van der Waals surface area contributed by atoms with Crippen molar-refractivity contribution in [1.29, 1.82) is 0 Å². The van der Waals surface area contributed by atoms with Crippen molar-refractivity contribution < 1.29 is 9.53 Å². The van der Waals surface area contributed by atoms with Gasteiger partial charge in [-0.3, -0.25) is 4.68 Å². The Bertz CT molecular complexity index is 347. The first-order chi connectivity index (χ1) is 6.61. The SMILES string of the molecule is CCOC(=O)c1c(C)nn(C)c1CBr. The first kappa shape index (κ1) is 11.2. The number of alkyl halides is 1. The third kappa shape index (κ3) is 1.97. The Morgan fingerprint density at radius 1 is 1.64 bits per heavy atom. The van der Waals surface area contributed by atoms with Crippen molar-refractivity contribution in [1.82, 2.24) is 9.78 Å². The molecule has 1 aromatic heterocycles. The van der Waals surface area contributed by atoms with E-state index in [-0.39, 0.29) is 5.97 Å². The highest BCUT2D eigenvalue weighted by Crippen LogP contribution is 2.17. The number of hydrogen-bond acceptors (Lipinski definition) is 3. The van der Waals surface area contributed by atoms with Crippen molar-refractivity contribution in [3.05, 3.63) is 17.0 Å². The minimum absolute atomic E-state index is 0.299. The normalized spacial score (nSPS) is 10.3. The van der Waals surface area contributed by atoms with Crippen LogP contribution in [0.2, 0.25) is 0 Å². The number of carbonyl (C=O) groups excluding carboxylic acids is 1. The van der Waals surface area contributed by atoms with E-state index in [4.69, 9.17) is 4.74 Å². The molecule has 78 valence electrons. The third-order valence-electron chi connectivity index (χ3n) is 1.95. The third-order valence-corrected chi connectivity index (χ3v) is 2.48. The van der Waals surface area contributed by atoms with E-state index in [0.29, 0.717) is 23.2 Å². The number of halogens is 1. The largest absolute Gasteiger partial charge is 0.462 e. The van der Waals surface area contributed by atoms with Gasteiger partial charge in [-0.05, 0) is 13.8 Å². The van der Waals surface area contributed by atoms with Gasteiger partial charge in [-0.15, -0.1) is 0 Å². The van der Waals surface area contributed by atoms with Crippen LogP contribution in [0.1, 0.15) is 28.7 Å². The Morgan fingerprint density at radius 2 is 2.29 bits per heavy atom. The zero-order valence-electron chi connectivity index (χ0n) is 8.50. The highest BCUT2D eigenvalue weighted by Gasteiger charge is 2.19. The van der Waals surface area contributed by atoms with Crippen LogP contribution >= 0.6 is 15.9 Å². The van der Waals surface area contributed by atoms with Gasteiger partial charge in [-0.2, -0.15) is 5.10 Å². The van der Waals surface area contributed by atoms with Crippen molar-refractivity contribution in [2.75, 3.05) is 6.61 Å². The molecule has 4 nitrogen and oxygen atoms in total. The minimum atomic E-state index is -0.299. The van der Waals surface area contributed by atoms with Crippen molar-refractivity contribution in [2.24, 2.45) is 7.05 Å². The molecule has 0 saturated heterocycles. The molecule has 0 amide bonds. The van der Waals surface area contributed by atoms with E-state index < -0.39 is 0 Å². The molecule has 0 spiro atoms. The summed E-state index contributed by atoms with van der Waals surface area (Å²) in [5, 5.41) is 4.77. The minimum Gasteiger partial charge on any atom is -0.462 e. The van der Waals surface area contributed by atoms with E-state index in [0.717, 1.165) is 5.69 Å². The van der Waals surface area contributed by atoms with Gasteiger partial charge in [-0.25, -0.2) is 4.79 Å². The van der Waals surface area contributed by atoms with Crippen LogP contribution in [-0.2, 0) is 17.1 Å². The van der Waals surface area contributed by atoms with Crippen LogP contribution < -0.4 is 0 Å². The summed E-state index contributed by atoms with van der Waals surface area (Å²) in [6, 6.07) is 0. The highest BCUT2D eigenvalue weighted by molar-refractivity contribution is 9.08. The Kier molecular flexibility index (Phi) is 3.69. The van der Waals surface area contributed by atoms with Crippen LogP contribution in [0.15, 0.2) is 0 Å². The lowest BCUT2D eigenvalue weighted by Gasteiger charge is -2.02. The van der Waals surface area contributed by atoms with Crippen LogP contribution in [0.4, 0.5) is 0 Å². The molecule has 0 saturated carbocycles. The Hall–Kier alpha value is -0.840. The summed E-state index contributed by atoms with van der Waals surface area (Å²) >= 11 is 3.32. The summed E-state index contributed by atoms with van der Waals surface area (Å²) < 4.78 is 6.64. The van der Waals surface area contributed by atoms with Crippen LogP contribution in [0, 0.1) is 6.92 Å². The molecule has 0 aliphatic carbocycles. The van der Waals surface area contributed by atoms with E-state index >= 15 is 0 Å². The maximum absolute atomic E-state index is 11.6. The Balaban J connectivity index is 3.11. The molecule has 0 fully saturated rings. The van der Waals surface area contributed by atoms with Gasteiger partial charge < -0.3 is 4.74 Å². The number of aromatic nitrogens is 2. The maximum Gasteiger partial charge on any atom is 0.341 e. The van der Waals surface area contributed by atoms with Gasteiger partial charge in [0.05, 0.1) is 18.0 Å². The van der Waals surface area contributed by atoms with E-state index in [9.17, 15) is 4.79 Å². The number of carbonyl (C=O) groups is 1. The van der Waals surface area contributed by atoms with Gasteiger partial charge >= 0.3 is 5.97 Å². The number of rotatable bonds is 3. The molecule has 0 atom stereocenters. The summed E-state index contributed by atoms with van der Waals surface area (Å²) in [6.07, 6.45) is 0. The zero-order valence-corrected chi connectivity index (χ0v) is 10.1. The van der Waals surface area contributed by atoms with E-state index in [1.54, 1.807) is 18.5 Å². The molecule has 14 heavy (non-hydrogen) atoms. The van der Waals surface area contributed by atoms with Crippen molar-refractivity contribution in [3.63, 3.8) is 0 Å². The average Bonchev–Trinajstić information content (AvgIpc) is 2.40. The van der Waals surface area contributed by atoms with E-state index in [1.807, 2.05) is 7.05 Å². The molecule has 0 aromatic carbocycles. The summed E-state index contributed by atoms with van der Waals surface area (Å²) in [6.45, 7) is 3.98.